The normalized spacial score (nSPS) is 12.0. The summed E-state index contributed by atoms with van der Waals surface area (Å²) in [5.74, 6) is 0.398. The number of ether oxygens (including phenoxy) is 2. The maximum absolute atomic E-state index is 5.01. The maximum Gasteiger partial charge on any atom is 0.324 e. The van der Waals surface area contributed by atoms with Crippen LogP contribution in [0.25, 0.3) is 0 Å². The molecule has 0 saturated heterocycles. The fourth-order valence-electron chi connectivity index (χ4n) is 1.53. The van der Waals surface area contributed by atoms with Gasteiger partial charge in [-0.25, -0.2) is 4.98 Å². The molecule has 1 atom stereocenters. The van der Waals surface area contributed by atoms with Crippen molar-refractivity contribution in [3.63, 3.8) is 0 Å². The van der Waals surface area contributed by atoms with Crippen molar-refractivity contribution in [1.29, 1.82) is 0 Å². The van der Waals surface area contributed by atoms with Crippen LogP contribution in [0.5, 0.6) is 12.0 Å². The number of anilines is 1. The van der Waals surface area contributed by atoms with Gasteiger partial charge in [-0.15, -0.1) is 16.3 Å². The zero-order valence-corrected chi connectivity index (χ0v) is 12.7. The Kier molecular flexibility index (Phi) is 4.67. The summed E-state index contributed by atoms with van der Waals surface area (Å²) in [5.41, 5.74) is 0. The third kappa shape index (κ3) is 3.32. The molecule has 2 aromatic rings. The van der Waals surface area contributed by atoms with Crippen LogP contribution in [-0.2, 0) is 6.42 Å². The Morgan fingerprint density at radius 1 is 1.20 bits per heavy atom. The fraction of sp³-hybridized carbons (Fsp3) is 0.500. The third-order valence-electron chi connectivity index (χ3n) is 2.60. The van der Waals surface area contributed by atoms with Crippen LogP contribution in [0.3, 0.4) is 0 Å². The first-order valence-electron chi connectivity index (χ1n) is 6.21. The van der Waals surface area contributed by atoms with Crippen molar-refractivity contribution in [1.82, 2.24) is 19.9 Å². The van der Waals surface area contributed by atoms with Gasteiger partial charge in [0.1, 0.15) is 5.01 Å². The molecule has 0 fully saturated rings. The van der Waals surface area contributed by atoms with Gasteiger partial charge in [0.15, 0.2) is 0 Å². The average molecular weight is 295 g/mol. The summed E-state index contributed by atoms with van der Waals surface area (Å²) < 4.78 is 10.0. The molecule has 0 aliphatic carbocycles. The van der Waals surface area contributed by atoms with Gasteiger partial charge in [-0.05, 0) is 13.3 Å². The summed E-state index contributed by atoms with van der Waals surface area (Å²) in [6, 6.07) is 0.414. The molecule has 7 nitrogen and oxygen atoms in total. The van der Waals surface area contributed by atoms with E-state index in [1.807, 2.05) is 13.1 Å². The van der Waals surface area contributed by atoms with Gasteiger partial charge in [0.2, 0.25) is 5.95 Å². The lowest BCUT2D eigenvalue weighted by Crippen LogP contribution is -2.11. The third-order valence-corrected chi connectivity index (χ3v) is 3.92. The zero-order chi connectivity index (χ0) is 14.5. The van der Waals surface area contributed by atoms with Crippen LogP contribution in [0, 0.1) is 0 Å². The minimum Gasteiger partial charge on any atom is -0.467 e. The lowest BCUT2D eigenvalue weighted by molar-refractivity contribution is 0.341. The topological polar surface area (TPSA) is 82.1 Å². The second-order valence-electron chi connectivity index (χ2n) is 4.02. The van der Waals surface area contributed by atoms with Gasteiger partial charge in [-0.2, -0.15) is 9.97 Å². The first-order chi connectivity index (χ1) is 9.66. The zero-order valence-electron chi connectivity index (χ0n) is 11.9. The predicted molar refractivity (Wildman–Crippen MR) is 76.5 cm³/mol. The van der Waals surface area contributed by atoms with Crippen LogP contribution in [0.15, 0.2) is 6.20 Å². The first-order valence-corrected chi connectivity index (χ1v) is 7.03. The summed E-state index contributed by atoms with van der Waals surface area (Å²) in [5, 5.41) is 4.16. The highest BCUT2D eigenvalue weighted by molar-refractivity contribution is 7.11. The molecule has 0 aromatic carbocycles. The highest BCUT2D eigenvalue weighted by atomic mass is 32.1. The average Bonchev–Trinajstić information content (AvgIpc) is 2.95. The highest BCUT2D eigenvalue weighted by Gasteiger charge is 2.13. The lowest BCUT2D eigenvalue weighted by Gasteiger charge is -2.11. The monoisotopic (exact) mass is 295 g/mol. The van der Waals surface area contributed by atoms with Crippen molar-refractivity contribution < 1.29 is 9.47 Å². The smallest absolute Gasteiger partial charge is 0.324 e. The van der Waals surface area contributed by atoms with Crippen LogP contribution < -0.4 is 14.8 Å². The molecule has 0 bridgehead atoms. The summed E-state index contributed by atoms with van der Waals surface area (Å²) in [6.07, 6.45) is 2.88. The molecule has 2 rings (SSSR count). The van der Waals surface area contributed by atoms with Gasteiger partial charge in [-0.1, -0.05) is 6.92 Å². The highest BCUT2D eigenvalue weighted by Crippen LogP contribution is 2.23. The summed E-state index contributed by atoms with van der Waals surface area (Å²) >= 11 is 1.67. The van der Waals surface area contributed by atoms with E-state index in [0.717, 1.165) is 11.4 Å². The van der Waals surface area contributed by atoms with Crippen LogP contribution in [0.1, 0.15) is 29.8 Å². The molecule has 0 saturated carbocycles. The Labute approximate surface area is 121 Å². The van der Waals surface area contributed by atoms with Gasteiger partial charge < -0.3 is 14.8 Å². The van der Waals surface area contributed by atoms with Crippen molar-refractivity contribution >= 4 is 17.3 Å². The van der Waals surface area contributed by atoms with E-state index in [1.54, 1.807) is 11.3 Å². The Hall–Kier alpha value is -1.96. The number of thiazole rings is 1. The number of hydrogen-bond acceptors (Lipinski definition) is 8. The van der Waals surface area contributed by atoms with Crippen LogP contribution in [0.4, 0.5) is 5.95 Å². The van der Waals surface area contributed by atoms with Gasteiger partial charge in [0, 0.05) is 11.1 Å². The van der Waals surface area contributed by atoms with Crippen LogP contribution >= 0.6 is 11.3 Å². The Balaban J connectivity index is 2.15. The molecule has 108 valence electrons. The summed E-state index contributed by atoms with van der Waals surface area (Å²) in [4.78, 5) is 17.9. The van der Waals surface area contributed by atoms with Gasteiger partial charge >= 0.3 is 12.0 Å². The van der Waals surface area contributed by atoms with Crippen molar-refractivity contribution in [3.05, 3.63) is 16.1 Å². The number of methoxy groups -OCH3 is 2. The fourth-order valence-corrected chi connectivity index (χ4v) is 2.39. The van der Waals surface area contributed by atoms with E-state index in [0.29, 0.717) is 5.95 Å². The SMILES string of the molecule is CCc1cnc(C(C)Nc2nc(OC)nc(OC)n2)s1. The lowest BCUT2D eigenvalue weighted by atomic mass is 10.3. The minimum absolute atomic E-state index is 0.00267. The van der Waals surface area contributed by atoms with E-state index in [4.69, 9.17) is 9.47 Å². The molecule has 2 aromatic heterocycles. The molecule has 1 unspecified atom stereocenters. The number of nitrogens with zero attached hydrogens (tertiary/aromatic N) is 4. The van der Waals surface area contributed by atoms with Crippen LogP contribution in [0.2, 0.25) is 0 Å². The molecule has 0 aliphatic heterocycles. The number of hydrogen-bond donors (Lipinski definition) is 1. The largest absolute Gasteiger partial charge is 0.467 e. The molecule has 2 heterocycles. The molecular formula is C12H17N5O2S. The van der Waals surface area contributed by atoms with Gasteiger partial charge in [0.25, 0.3) is 0 Å². The first kappa shape index (κ1) is 14.4. The maximum atomic E-state index is 5.01. The summed E-state index contributed by atoms with van der Waals surface area (Å²) in [7, 11) is 2.99. The molecule has 0 radical (unpaired) electrons. The molecular weight excluding hydrogens is 278 g/mol. The van der Waals surface area contributed by atoms with E-state index < -0.39 is 0 Å². The molecule has 0 spiro atoms. The Morgan fingerprint density at radius 3 is 2.35 bits per heavy atom. The predicted octanol–water partition coefficient (Wildman–Crippen LogP) is 2.08. The number of aromatic nitrogens is 4. The van der Waals surface area contributed by atoms with Gasteiger partial charge in [0.05, 0.1) is 20.3 Å². The van der Waals surface area contributed by atoms with Crippen molar-refractivity contribution in [2.45, 2.75) is 26.3 Å². The van der Waals surface area contributed by atoms with E-state index in [9.17, 15) is 0 Å². The van der Waals surface area contributed by atoms with Gasteiger partial charge in [-0.3, -0.25) is 0 Å². The Bertz CT molecular complexity index is 552. The van der Waals surface area contributed by atoms with E-state index >= 15 is 0 Å². The number of nitrogens with one attached hydrogen (secondary N) is 1. The van der Waals surface area contributed by atoms with Crippen molar-refractivity contribution in [3.8, 4) is 12.0 Å². The molecule has 8 heteroatoms. The molecule has 0 amide bonds. The minimum atomic E-state index is -0.00267. The molecule has 1 N–H and O–H groups in total. The summed E-state index contributed by atoms with van der Waals surface area (Å²) in [6.45, 7) is 4.11. The Morgan fingerprint density at radius 2 is 1.85 bits per heavy atom. The van der Waals surface area contributed by atoms with Crippen LogP contribution in [-0.4, -0.2) is 34.2 Å². The molecule has 20 heavy (non-hydrogen) atoms. The standard InChI is InChI=1S/C12H17N5O2S/c1-5-8-6-13-9(20-8)7(2)14-10-15-11(18-3)17-12(16-10)19-4/h6-7H,5H2,1-4H3,(H,14,15,16,17). The quantitative estimate of drug-likeness (QED) is 0.873. The molecule has 0 aliphatic rings. The van der Waals surface area contributed by atoms with E-state index in [2.05, 4.69) is 32.2 Å². The second kappa shape index (κ2) is 6.47. The van der Waals surface area contributed by atoms with Crippen molar-refractivity contribution in [2.75, 3.05) is 19.5 Å². The number of rotatable bonds is 6. The second-order valence-corrected chi connectivity index (χ2v) is 5.16. The van der Waals surface area contributed by atoms with Crippen molar-refractivity contribution in [2.24, 2.45) is 0 Å². The number of aryl methyl sites for hydroxylation is 1. The van der Waals surface area contributed by atoms with E-state index in [1.165, 1.54) is 19.1 Å². The van der Waals surface area contributed by atoms with E-state index in [-0.39, 0.29) is 18.1 Å².